The lowest BCUT2D eigenvalue weighted by Crippen LogP contribution is -2.43. The van der Waals surface area contributed by atoms with Crippen molar-refractivity contribution in [3.05, 3.63) is 53.7 Å². The van der Waals surface area contributed by atoms with Gasteiger partial charge in [-0.15, -0.1) is 0 Å². The molecule has 9 nitrogen and oxygen atoms in total. The monoisotopic (exact) mass is 517 g/mol. The molecule has 2 aromatic carbocycles. The van der Waals surface area contributed by atoms with E-state index in [0.29, 0.717) is 22.2 Å². The molecule has 3 N–H and O–H groups in total. The van der Waals surface area contributed by atoms with Gasteiger partial charge < -0.3 is 10.3 Å². The smallest absolute Gasteiger partial charge is 0.261 e. The molecule has 1 fully saturated rings. The normalized spacial score (nSPS) is 14.9. The van der Waals surface area contributed by atoms with E-state index >= 15 is 0 Å². The summed E-state index contributed by atoms with van der Waals surface area (Å²) in [4.78, 5) is 2.94. The van der Waals surface area contributed by atoms with E-state index in [9.17, 15) is 22.1 Å². The number of fused-ring (bicyclic) bond motifs is 1. The van der Waals surface area contributed by atoms with Crippen molar-refractivity contribution in [3.8, 4) is 6.07 Å². The fraction of sp³-hybridized carbons (Fsp3) is 0.375. The highest BCUT2D eigenvalue weighted by molar-refractivity contribution is 7.92. The Morgan fingerprint density at radius 1 is 1.00 bits per heavy atom. The lowest BCUT2D eigenvalue weighted by atomic mass is 10.1. The molecule has 188 valence electrons. The number of H-pyrrole nitrogens is 1. The molecule has 0 atom stereocenters. The Morgan fingerprint density at radius 2 is 1.60 bits per heavy atom. The van der Waals surface area contributed by atoms with E-state index in [0.717, 1.165) is 31.5 Å². The number of aromatic amines is 1. The predicted octanol–water partition coefficient (Wildman–Crippen LogP) is 3.55. The summed E-state index contributed by atoms with van der Waals surface area (Å²) >= 11 is 0. The Balaban J connectivity index is 0.00000167. The molecule has 1 aliphatic rings. The highest BCUT2D eigenvalue weighted by atomic mass is 32.2. The van der Waals surface area contributed by atoms with Crippen LogP contribution in [-0.2, 0) is 20.0 Å². The van der Waals surface area contributed by atoms with Gasteiger partial charge in [-0.05, 0) is 68.8 Å². The molecule has 1 aliphatic heterocycles. The maximum absolute atomic E-state index is 13.0. The zero-order valence-electron chi connectivity index (χ0n) is 20.3. The van der Waals surface area contributed by atoms with Crippen LogP contribution in [0.1, 0.15) is 37.8 Å². The van der Waals surface area contributed by atoms with Crippen LogP contribution in [-0.4, -0.2) is 52.3 Å². The molecule has 0 spiro atoms. The molecule has 1 aromatic heterocycles. The zero-order valence-corrected chi connectivity index (χ0v) is 21.9. The van der Waals surface area contributed by atoms with E-state index in [1.54, 1.807) is 19.2 Å². The Kier molecular flexibility index (Phi) is 8.22. The summed E-state index contributed by atoms with van der Waals surface area (Å²) in [5.41, 5.74) is 2.09. The molecule has 2 heterocycles. The summed E-state index contributed by atoms with van der Waals surface area (Å²) in [6.45, 7) is 7.36. The van der Waals surface area contributed by atoms with E-state index in [1.807, 2.05) is 20.8 Å². The highest BCUT2D eigenvalue weighted by Gasteiger charge is 2.29. The van der Waals surface area contributed by atoms with Crippen molar-refractivity contribution in [1.29, 1.82) is 5.26 Å². The number of aryl methyl sites for hydroxylation is 1. The van der Waals surface area contributed by atoms with E-state index < -0.39 is 20.0 Å². The third-order valence-corrected chi connectivity index (χ3v) is 9.35. The average Bonchev–Trinajstić information content (AvgIpc) is 3.32. The van der Waals surface area contributed by atoms with Gasteiger partial charge in [0, 0.05) is 24.7 Å². The van der Waals surface area contributed by atoms with Gasteiger partial charge in [0.1, 0.15) is 6.07 Å². The van der Waals surface area contributed by atoms with Crippen molar-refractivity contribution in [1.82, 2.24) is 14.6 Å². The van der Waals surface area contributed by atoms with Crippen LogP contribution in [0.25, 0.3) is 10.9 Å². The Bertz CT molecular complexity index is 1430. The fourth-order valence-electron chi connectivity index (χ4n) is 4.12. The van der Waals surface area contributed by atoms with Crippen LogP contribution in [0, 0.1) is 18.3 Å². The van der Waals surface area contributed by atoms with Gasteiger partial charge in [0.25, 0.3) is 10.0 Å². The van der Waals surface area contributed by atoms with Gasteiger partial charge in [-0.2, -0.15) is 9.57 Å². The van der Waals surface area contributed by atoms with Gasteiger partial charge in [0.2, 0.25) is 10.0 Å². The van der Waals surface area contributed by atoms with Crippen molar-refractivity contribution in [3.63, 3.8) is 0 Å². The molecule has 0 bridgehead atoms. The minimum absolute atomic E-state index is 0.0447. The number of rotatable bonds is 6. The summed E-state index contributed by atoms with van der Waals surface area (Å²) in [7, 11) is -6.16. The van der Waals surface area contributed by atoms with Crippen LogP contribution in [0.4, 0.5) is 5.69 Å². The lowest BCUT2D eigenvalue weighted by molar-refractivity contribution is 0.296. The van der Waals surface area contributed by atoms with Crippen LogP contribution >= 0.6 is 0 Å². The van der Waals surface area contributed by atoms with Gasteiger partial charge in [-0.3, -0.25) is 4.72 Å². The van der Waals surface area contributed by atoms with Crippen LogP contribution in [0.5, 0.6) is 0 Å². The SMILES string of the molecule is CC.Cc1ccc(NS(=O)(=O)c2ccc(S(=O)(=O)N(C)C3CCNCC3)cc2)c2[nH]cc(C#N)c12. The average molecular weight is 518 g/mol. The first-order chi connectivity index (χ1) is 16.6. The Hall–Kier alpha value is -2.91. The van der Waals surface area contributed by atoms with Gasteiger partial charge in [0.05, 0.1) is 26.6 Å². The number of sulfonamides is 2. The fourth-order valence-corrected chi connectivity index (χ4v) is 6.61. The minimum Gasteiger partial charge on any atom is -0.358 e. The summed E-state index contributed by atoms with van der Waals surface area (Å²) in [6.07, 6.45) is 2.99. The Morgan fingerprint density at radius 3 is 2.20 bits per heavy atom. The molecular formula is C24H31N5O4S2. The standard InChI is InChI=1S/C22H25N5O4S2.C2H6/c1-15-3-8-20(22-21(15)16(13-23)14-25-22)26-32(28,29)18-4-6-19(7-5-18)33(30,31)27(2)17-9-11-24-12-10-17;1-2/h3-8,14,17,24-26H,9-12H2,1-2H3;1-2H3. The molecule has 0 unspecified atom stereocenters. The van der Waals surface area contributed by atoms with Crippen molar-refractivity contribution in [2.75, 3.05) is 24.9 Å². The first-order valence-electron chi connectivity index (χ1n) is 11.5. The van der Waals surface area contributed by atoms with Gasteiger partial charge in [-0.25, -0.2) is 16.8 Å². The first kappa shape index (κ1) is 26.7. The third-order valence-electron chi connectivity index (χ3n) is 6.04. The molecule has 1 saturated heterocycles. The second kappa shape index (κ2) is 10.8. The quantitative estimate of drug-likeness (QED) is 0.458. The number of nitriles is 1. The summed E-state index contributed by atoms with van der Waals surface area (Å²) in [5, 5.41) is 13.2. The molecule has 35 heavy (non-hydrogen) atoms. The van der Waals surface area contributed by atoms with Gasteiger partial charge in [0.15, 0.2) is 0 Å². The van der Waals surface area contributed by atoms with Crippen molar-refractivity contribution < 1.29 is 16.8 Å². The maximum Gasteiger partial charge on any atom is 0.261 e. The number of benzene rings is 2. The number of hydrogen-bond acceptors (Lipinski definition) is 6. The molecule has 0 radical (unpaired) electrons. The molecule has 0 saturated carbocycles. The Labute approximate surface area is 207 Å². The molecule has 4 rings (SSSR count). The first-order valence-corrected chi connectivity index (χ1v) is 14.4. The topological polar surface area (TPSA) is 135 Å². The molecular weight excluding hydrogens is 486 g/mol. The molecule has 0 amide bonds. The summed E-state index contributed by atoms with van der Waals surface area (Å²) in [5.74, 6) is 0. The number of hydrogen-bond donors (Lipinski definition) is 3. The highest BCUT2D eigenvalue weighted by Crippen LogP contribution is 2.30. The molecule has 11 heteroatoms. The number of aromatic nitrogens is 1. The zero-order chi connectivity index (χ0) is 25.8. The van der Waals surface area contributed by atoms with Crippen LogP contribution in [0.15, 0.2) is 52.4 Å². The largest absolute Gasteiger partial charge is 0.358 e. The second-order valence-corrected chi connectivity index (χ2v) is 11.8. The van der Waals surface area contributed by atoms with Crippen LogP contribution < -0.4 is 10.0 Å². The third kappa shape index (κ3) is 5.36. The number of piperidine rings is 1. The lowest BCUT2D eigenvalue weighted by Gasteiger charge is -2.30. The van der Waals surface area contributed by atoms with Crippen LogP contribution in [0.3, 0.4) is 0 Å². The van der Waals surface area contributed by atoms with Gasteiger partial charge >= 0.3 is 0 Å². The van der Waals surface area contributed by atoms with Crippen molar-refractivity contribution in [2.45, 2.75) is 49.4 Å². The van der Waals surface area contributed by atoms with Gasteiger partial charge in [-0.1, -0.05) is 19.9 Å². The van der Waals surface area contributed by atoms with E-state index in [1.165, 1.54) is 34.8 Å². The van der Waals surface area contributed by atoms with E-state index in [2.05, 4.69) is 21.1 Å². The van der Waals surface area contributed by atoms with Crippen molar-refractivity contribution in [2.24, 2.45) is 0 Å². The number of nitrogens with one attached hydrogen (secondary N) is 3. The van der Waals surface area contributed by atoms with E-state index in [-0.39, 0.29) is 15.8 Å². The maximum atomic E-state index is 13.0. The second-order valence-electron chi connectivity index (χ2n) is 8.07. The van der Waals surface area contributed by atoms with Crippen LogP contribution in [0.2, 0.25) is 0 Å². The predicted molar refractivity (Wildman–Crippen MR) is 137 cm³/mol. The molecule has 3 aromatic rings. The van der Waals surface area contributed by atoms with Crippen molar-refractivity contribution >= 4 is 36.6 Å². The summed E-state index contributed by atoms with van der Waals surface area (Å²) in [6, 6.07) is 10.6. The summed E-state index contributed by atoms with van der Waals surface area (Å²) < 4.78 is 55.9. The number of anilines is 1. The van der Waals surface area contributed by atoms with E-state index in [4.69, 9.17) is 0 Å². The minimum atomic E-state index is -3.99. The molecule has 0 aliphatic carbocycles. The number of nitrogens with zero attached hydrogens (tertiary/aromatic N) is 2.